The fraction of sp³-hybridized carbons (Fsp3) is 0.650. The van der Waals surface area contributed by atoms with Gasteiger partial charge in [-0.15, -0.1) is 0 Å². The first kappa shape index (κ1) is 19.7. The van der Waals surface area contributed by atoms with Crippen molar-refractivity contribution < 1.29 is 14.3 Å². The third kappa shape index (κ3) is 6.67. The summed E-state index contributed by atoms with van der Waals surface area (Å²) in [5.41, 5.74) is 1.06. The lowest BCUT2D eigenvalue weighted by Gasteiger charge is -2.31. The quantitative estimate of drug-likeness (QED) is 0.746. The average molecular weight is 348 g/mol. The summed E-state index contributed by atoms with van der Waals surface area (Å²) in [6, 6.07) is 8.55. The van der Waals surface area contributed by atoms with Crippen LogP contribution < -0.4 is 10.1 Å². The third-order valence-corrected chi connectivity index (χ3v) is 4.95. The lowest BCUT2D eigenvalue weighted by molar-refractivity contribution is -0.124. The van der Waals surface area contributed by atoms with E-state index >= 15 is 0 Å². The van der Waals surface area contributed by atoms with E-state index in [1.54, 1.807) is 0 Å². The second-order valence-corrected chi connectivity index (χ2v) is 6.85. The monoisotopic (exact) mass is 348 g/mol. The summed E-state index contributed by atoms with van der Waals surface area (Å²) < 4.78 is 11.3. The van der Waals surface area contributed by atoms with E-state index < -0.39 is 0 Å². The lowest BCUT2D eigenvalue weighted by atomic mass is 10.1. The first-order valence-electron chi connectivity index (χ1n) is 9.37. The van der Waals surface area contributed by atoms with E-state index in [1.807, 2.05) is 38.1 Å². The molecule has 5 heteroatoms. The van der Waals surface area contributed by atoms with Crippen molar-refractivity contribution in [2.45, 2.75) is 45.7 Å². The maximum atomic E-state index is 11.9. The Morgan fingerprint density at radius 3 is 2.88 bits per heavy atom. The summed E-state index contributed by atoms with van der Waals surface area (Å²) in [4.78, 5) is 14.2. The second-order valence-electron chi connectivity index (χ2n) is 6.85. The van der Waals surface area contributed by atoms with E-state index in [-0.39, 0.29) is 11.8 Å². The average Bonchev–Trinajstić information content (AvgIpc) is 2.66. The molecule has 0 spiro atoms. The maximum Gasteiger partial charge on any atom is 0.223 e. The largest absolute Gasteiger partial charge is 0.492 e. The molecule has 1 saturated heterocycles. The van der Waals surface area contributed by atoms with Crippen LogP contribution in [0.25, 0.3) is 0 Å². The van der Waals surface area contributed by atoms with Gasteiger partial charge in [-0.1, -0.05) is 26.0 Å². The normalized spacial score (nSPS) is 16.6. The second kappa shape index (κ2) is 10.4. The van der Waals surface area contributed by atoms with Crippen molar-refractivity contribution in [2.75, 3.05) is 33.4 Å². The Morgan fingerprint density at radius 2 is 2.16 bits per heavy atom. The van der Waals surface area contributed by atoms with Crippen LogP contribution in [0.4, 0.5) is 0 Å². The predicted molar refractivity (Wildman–Crippen MR) is 99.7 cm³/mol. The summed E-state index contributed by atoms with van der Waals surface area (Å²) in [5, 5.41) is 2.98. The zero-order valence-electron chi connectivity index (χ0n) is 15.8. The Bertz CT molecular complexity index is 529. The maximum absolute atomic E-state index is 11.9. The molecule has 1 amide bonds. The van der Waals surface area contributed by atoms with Gasteiger partial charge in [0.2, 0.25) is 5.91 Å². The number of hydrogen-bond acceptors (Lipinski definition) is 4. The van der Waals surface area contributed by atoms with Crippen molar-refractivity contribution >= 4 is 5.91 Å². The molecule has 5 nitrogen and oxygen atoms in total. The van der Waals surface area contributed by atoms with E-state index in [0.717, 1.165) is 50.3 Å². The van der Waals surface area contributed by atoms with Gasteiger partial charge in [0.25, 0.3) is 0 Å². The minimum atomic E-state index is 0.0557. The number of hydrogen-bond donors (Lipinski definition) is 1. The van der Waals surface area contributed by atoms with Gasteiger partial charge in [-0.25, -0.2) is 0 Å². The highest BCUT2D eigenvalue weighted by atomic mass is 16.5. The molecule has 1 aromatic carbocycles. The highest BCUT2D eigenvalue weighted by Gasteiger charge is 2.18. The van der Waals surface area contributed by atoms with Gasteiger partial charge in [-0.05, 0) is 44.0 Å². The summed E-state index contributed by atoms with van der Waals surface area (Å²) in [6.45, 7) is 7.80. The van der Waals surface area contributed by atoms with Crippen LogP contribution in [-0.2, 0) is 16.1 Å². The van der Waals surface area contributed by atoms with Crippen LogP contribution in [0.15, 0.2) is 24.3 Å². The molecular weight excluding hydrogens is 316 g/mol. The van der Waals surface area contributed by atoms with Gasteiger partial charge >= 0.3 is 0 Å². The number of ether oxygens (including phenoxy) is 2. The fourth-order valence-electron chi connectivity index (χ4n) is 2.91. The highest BCUT2D eigenvalue weighted by Crippen LogP contribution is 2.15. The number of amides is 1. The molecule has 1 atom stereocenters. The fourth-order valence-corrected chi connectivity index (χ4v) is 2.91. The summed E-state index contributed by atoms with van der Waals surface area (Å²) in [6.07, 6.45) is 3.05. The molecule has 1 aliphatic heterocycles. The van der Waals surface area contributed by atoms with Crippen LogP contribution in [0.1, 0.15) is 38.7 Å². The predicted octanol–water partition coefficient (Wildman–Crippen LogP) is 2.84. The minimum absolute atomic E-state index is 0.0557. The third-order valence-electron chi connectivity index (χ3n) is 4.95. The van der Waals surface area contributed by atoms with Gasteiger partial charge in [0.1, 0.15) is 12.4 Å². The van der Waals surface area contributed by atoms with E-state index in [2.05, 4.69) is 17.3 Å². The smallest absolute Gasteiger partial charge is 0.223 e. The van der Waals surface area contributed by atoms with Crippen LogP contribution in [0.5, 0.6) is 5.75 Å². The molecule has 0 saturated carbocycles. The number of rotatable bonds is 9. The van der Waals surface area contributed by atoms with Crippen LogP contribution in [0.2, 0.25) is 0 Å². The molecule has 1 aromatic rings. The van der Waals surface area contributed by atoms with Crippen molar-refractivity contribution in [1.82, 2.24) is 10.2 Å². The molecule has 25 heavy (non-hydrogen) atoms. The van der Waals surface area contributed by atoms with Crippen molar-refractivity contribution in [3.63, 3.8) is 0 Å². The van der Waals surface area contributed by atoms with Crippen molar-refractivity contribution in [1.29, 1.82) is 0 Å². The molecule has 0 bridgehead atoms. The molecule has 1 heterocycles. The zero-order valence-corrected chi connectivity index (χ0v) is 15.8. The number of benzene rings is 1. The van der Waals surface area contributed by atoms with Crippen molar-refractivity contribution in [2.24, 2.45) is 5.92 Å². The number of nitrogens with zero attached hydrogens (tertiary/aromatic N) is 1. The Morgan fingerprint density at radius 1 is 1.40 bits per heavy atom. The molecule has 1 N–H and O–H groups in total. The Kier molecular flexibility index (Phi) is 8.22. The SMILES string of the molecule is CC[C@H](C)C(=O)NCc1cccc(OCCN(C)C2CCOCC2)c1. The molecule has 0 aromatic heterocycles. The van der Waals surface area contributed by atoms with Gasteiger partial charge in [0, 0.05) is 38.3 Å². The highest BCUT2D eigenvalue weighted by molar-refractivity contribution is 5.78. The summed E-state index contributed by atoms with van der Waals surface area (Å²) >= 11 is 0. The van der Waals surface area contributed by atoms with E-state index in [1.165, 1.54) is 0 Å². The number of carbonyl (C=O) groups is 1. The van der Waals surface area contributed by atoms with Gasteiger partial charge < -0.3 is 14.8 Å². The van der Waals surface area contributed by atoms with E-state index in [9.17, 15) is 4.79 Å². The van der Waals surface area contributed by atoms with Crippen molar-refractivity contribution in [3.8, 4) is 5.75 Å². The van der Waals surface area contributed by atoms with Crippen LogP contribution in [0, 0.1) is 5.92 Å². The Hall–Kier alpha value is -1.59. The van der Waals surface area contributed by atoms with E-state index in [4.69, 9.17) is 9.47 Å². The number of carbonyl (C=O) groups excluding carboxylic acids is 1. The number of likely N-dealkylation sites (N-methyl/N-ethyl adjacent to an activating group) is 1. The molecule has 0 radical (unpaired) electrons. The zero-order chi connectivity index (χ0) is 18.1. The molecule has 1 aliphatic rings. The van der Waals surface area contributed by atoms with Gasteiger partial charge in [0.15, 0.2) is 0 Å². The van der Waals surface area contributed by atoms with Gasteiger partial charge in [-0.3, -0.25) is 9.69 Å². The summed E-state index contributed by atoms with van der Waals surface area (Å²) in [7, 11) is 2.15. The lowest BCUT2D eigenvalue weighted by Crippen LogP contribution is -2.38. The minimum Gasteiger partial charge on any atom is -0.492 e. The molecule has 2 rings (SSSR count). The standard InChI is InChI=1S/C20H32N2O3/c1-4-16(2)20(23)21-15-17-6-5-7-19(14-17)25-13-10-22(3)18-8-11-24-12-9-18/h5-7,14,16,18H,4,8-13,15H2,1-3H3,(H,21,23)/t16-/m0/s1. The molecule has 140 valence electrons. The summed E-state index contributed by atoms with van der Waals surface area (Å²) in [5.74, 6) is 1.02. The van der Waals surface area contributed by atoms with E-state index in [0.29, 0.717) is 19.2 Å². The van der Waals surface area contributed by atoms with Crippen LogP contribution in [0.3, 0.4) is 0 Å². The van der Waals surface area contributed by atoms with Crippen LogP contribution >= 0.6 is 0 Å². The van der Waals surface area contributed by atoms with Crippen LogP contribution in [-0.4, -0.2) is 50.3 Å². The Balaban J connectivity index is 1.74. The van der Waals surface area contributed by atoms with Gasteiger partial charge in [0.05, 0.1) is 0 Å². The van der Waals surface area contributed by atoms with Gasteiger partial charge in [-0.2, -0.15) is 0 Å². The number of nitrogens with one attached hydrogen (secondary N) is 1. The molecular formula is C20H32N2O3. The molecule has 0 unspecified atom stereocenters. The first-order chi connectivity index (χ1) is 12.1. The molecule has 1 fully saturated rings. The molecule has 0 aliphatic carbocycles. The first-order valence-corrected chi connectivity index (χ1v) is 9.37. The topological polar surface area (TPSA) is 50.8 Å². The van der Waals surface area contributed by atoms with Crippen molar-refractivity contribution in [3.05, 3.63) is 29.8 Å². The Labute approximate surface area is 151 Å².